The number of methoxy groups -OCH3 is 3. The van der Waals surface area contributed by atoms with Crippen molar-refractivity contribution < 1.29 is 27.4 Å². The van der Waals surface area contributed by atoms with Gasteiger partial charge in [0.15, 0.2) is 5.82 Å². The van der Waals surface area contributed by atoms with Crippen LogP contribution in [0.1, 0.15) is 43.5 Å². The first-order valence-electron chi connectivity index (χ1n) is 11.5. The number of sulfonamides is 1. The fourth-order valence-corrected chi connectivity index (χ4v) is 4.74. The molecular weight excluding hydrogens is 486 g/mol. The fourth-order valence-electron chi connectivity index (χ4n) is 3.63. The number of ether oxygens (including phenoxy) is 4. The Bertz CT molecular complexity index is 1220. The van der Waals surface area contributed by atoms with Crippen LogP contribution in [0.4, 0.5) is 5.95 Å². The maximum absolute atomic E-state index is 13.6. The van der Waals surface area contributed by atoms with Crippen molar-refractivity contribution in [2.45, 2.75) is 45.2 Å². The Morgan fingerprint density at radius 1 is 1.06 bits per heavy atom. The Balaban J connectivity index is 2.05. The molecule has 196 valence electrons. The van der Waals surface area contributed by atoms with Crippen LogP contribution < -0.4 is 14.2 Å². The molecule has 0 bridgehead atoms. The van der Waals surface area contributed by atoms with Gasteiger partial charge in [0.2, 0.25) is 16.0 Å². The Morgan fingerprint density at radius 2 is 1.75 bits per heavy atom. The highest BCUT2D eigenvalue weighted by Crippen LogP contribution is 2.36. The molecule has 12 heteroatoms. The van der Waals surface area contributed by atoms with Gasteiger partial charge in [0.1, 0.15) is 35.1 Å². The molecule has 2 aromatic heterocycles. The van der Waals surface area contributed by atoms with E-state index in [1.54, 1.807) is 37.4 Å². The summed E-state index contributed by atoms with van der Waals surface area (Å²) in [6.45, 7) is 5.90. The first-order valence-corrected chi connectivity index (χ1v) is 13.0. The van der Waals surface area contributed by atoms with Gasteiger partial charge >= 0.3 is 0 Å². The lowest BCUT2D eigenvalue weighted by Crippen LogP contribution is -2.33. The van der Waals surface area contributed by atoms with Gasteiger partial charge in [0.05, 0.1) is 19.9 Å². The third-order valence-electron chi connectivity index (χ3n) is 5.51. The average molecular weight is 520 g/mol. The van der Waals surface area contributed by atoms with Gasteiger partial charge in [-0.25, -0.2) is 8.42 Å². The summed E-state index contributed by atoms with van der Waals surface area (Å²) in [6, 6.07) is 8.87. The van der Waals surface area contributed by atoms with Gasteiger partial charge in [-0.05, 0) is 44.0 Å². The molecule has 0 amide bonds. The van der Waals surface area contributed by atoms with E-state index in [4.69, 9.17) is 18.9 Å². The molecule has 0 unspecified atom stereocenters. The normalized spacial score (nSPS) is 13.3. The van der Waals surface area contributed by atoms with Crippen molar-refractivity contribution in [2.24, 2.45) is 0 Å². The number of para-hydroxylation sites is 1. The lowest BCUT2D eigenvalue weighted by Gasteiger charge is -2.25. The summed E-state index contributed by atoms with van der Waals surface area (Å²) >= 11 is 0. The molecule has 1 aromatic carbocycles. The minimum Gasteiger partial charge on any atom is -0.494 e. The summed E-state index contributed by atoms with van der Waals surface area (Å²) in [7, 11) is 0.493. The molecule has 0 fully saturated rings. The van der Waals surface area contributed by atoms with Crippen LogP contribution >= 0.6 is 0 Å². The van der Waals surface area contributed by atoms with Gasteiger partial charge in [-0.1, -0.05) is 19.1 Å². The monoisotopic (exact) mass is 519 g/mol. The number of anilines is 1. The molecule has 0 saturated heterocycles. The van der Waals surface area contributed by atoms with Crippen molar-refractivity contribution >= 4 is 16.0 Å². The average Bonchev–Trinajstić information content (AvgIpc) is 3.25. The zero-order valence-corrected chi connectivity index (χ0v) is 22.2. The molecule has 0 aliphatic rings. The summed E-state index contributed by atoms with van der Waals surface area (Å²) in [4.78, 5) is 4.41. The van der Waals surface area contributed by atoms with Crippen molar-refractivity contribution in [3.8, 4) is 17.2 Å². The molecule has 1 N–H and O–H groups in total. The number of nitrogens with one attached hydrogen (secondary N) is 1. The third-order valence-corrected chi connectivity index (χ3v) is 7.20. The largest absolute Gasteiger partial charge is 0.494 e. The van der Waals surface area contributed by atoms with E-state index >= 15 is 0 Å². The number of hydrogen-bond acceptors (Lipinski definition) is 9. The molecule has 3 aromatic rings. The van der Waals surface area contributed by atoms with Crippen LogP contribution in [-0.4, -0.2) is 61.4 Å². The van der Waals surface area contributed by atoms with E-state index in [2.05, 4.69) is 19.9 Å². The molecular formula is C24H33N5O6S. The summed E-state index contributed by atoms with van der Waals surface area (Å²) in [6.07, 6.45) is 1.62. The van der Waals surface area contributed by atoms with Crippen molar-refractivity contribution in [3.05, 3.63) is 53.6 Å². The van der Waals surface area contributed by atoms with Crippen molar-refractivity contribution in [2.75, 3.05) is 32.7 Å². The molecule has 0 saturated carbocycles. The van der Waals surface area contributed by atoms with Gasteiger partial charge in [-0.2, -0.15) is 0 Å². The van der Waals surface area contributed by atoms with Crippen LogP contribution in [0.2, 0.25) is 0 Å². The Labute approximate surface area is 211 Å². The highest BCUT2D eigenvalue weighted by molar-refractivity contribution is 7.93. The number of aromatic nitrogens is 4. The quantitative estimate of drug-likeness (QED) is 0.361. The van der Waals surface area contributed by atoms with Crippen molar-refractivity contribution in [3.63, 3.8) is 0 Å². The van der Waals surface area contributed by atoms with E-state index in [1.807, 2.05) is 19.9 Å². The zero-order valence-electron chi connectivity index (χ0n) is 21.4. The van der Waals surface area contributed by atoms with Crippen LogP contribution in [0.15, 0.2) is 36.5 Å². The molecule has 2 atom stereocenters. The summed E-state index contributed by atoms with van der Waals surface area (Å²) < 4.78 is 53.6. The highest BCUT2D eigenvalue weighted by Gasteiger charge is 2.34. The second-order valence-electron chi connectivity index (χ2n) is 8.12. The van der Waals surface area contributed by atoms with Gasteiger partial charge in [-0.3, -0.25) is 14.3 Å². The van der Waals surface area contributed by atoms with E-state index in [0.717, 1.165) is 12.0 Å². The Kier molecular flexibility index (Phi) is 9.24. The van der Waals surface area contributed by atoms with Gasteiger partial charge in [-0.15, -0.1) is 10.2 Å². The summed E-state index contributed by atoms with van der Waals surface area (Å²) in [5.41, 5.74) is 1.93. The Hall–Kier alpha value is -3.22. The van der Waals surface area contributed by atoms with E-state index in [1.165, 1.54) is 25.9 Å². The van der Waals surface area contributed by atoms with Gasteiger partial charge < -0.3 is 18.9 Å². The van der Waals surface area contributed by atoms with Crippen LogP contribution in [0, 0.1) is 6.92 Å². The smallest absolute Gasteiger partial charge is 0.243 e. The number of rotatable bonds is 13. The van der Waals surface area contributed by atoms with Crippen LogP contribution in [-0.2, 0) is 26.1 Å². The number of aryl methyl sites for hydroxylation is 1. The van der Waals surface area contributed by atoms with Crippen LogP contribution in [0.3, 0.4) is 0 Å². The maximum atomic E-state index is 13.6. The summed E-state index contributed by atoms with van der Waals surface area (Å²) in [5, 5.41) is 7.25. The molecule has 2 heterocycles. The molecule has 3 rings (SSSR count). The van der Waals surface area contributed by atoms with Crippen LogP contribution in [0.5, 0.6) is 11.5 Å². The number of benzene rings is 1. The molecule has 0 aliphatic heterocycles. The third kappa shape index (κ3) is 5.94. The lowest BCUT2D eigenvalue weighted by atomic mass is 10.1. The zero-order chi connectivity index (χ0) is 26.3. The standard InChI is InChI=1S/C24H33N5O6S/c1-7-13-35-23(18-12-11-16(2)14-25-18)17(3)36(30,31)28-24-27-26-21(15-32-4)29(24)22-19(33-5)9-8-10-20(22)34-6/h8-12,14,17,23H,7,13,15H2,1-6H3,(H,27,28)/t17-,23+/m0/s1. The number of hydrogen-bond donors (Lipinski definition) is 1. The van der Waals surface area contributed by atoms with E-state index in [0.29, 0.717) is 35.3 Å². The lowest BCUT2D eigenvalue weighted by molar-refractivity contribution is 0.0498. The Morgan fingerprint density at radius 3 is 2.31 bits per heavy atom. The van der Waals surface area contributed by atoms with E-state index in [9.17, 15) is 8.42 Å². The maximum Gasteiger partial charge on any atom is 0.243 e. The first-order chi connectivity index (χ1) is 17.3. The molecule has 11 nitrogen and oxygen atoms in total. The van der Waals surface area contributed by atoms with E-state index in [-0.39, 0.29) is 12.6 Å². The summed E-state index contributed by atoms with van der Waals surface area (Å²) in [5.74, 6) is 1.19. The van der Waals surface area contributed by atoms with Gasteiger partial charge in [0, 0.05) is 19.9 Å². The van der Waals surface area contributed by atoms with Crippen LogP contribution in [0.25, 0.3) is 5.69 Å². The number of pyridine rings is 1. The molecule has 0 spiro atoms. The minimum absolute atomic E-state index is 0.0391. The number of nitrogens with zero attached hydrogens (tertiary/aromatic N) is 4. The molecule has 0 aliphatic carbocycles. The molecule has 0 radical (unpaired) electrons. The fraction of sp³-hybridized carbons (Fsp3) is 0.458. The predicted molar refractivity (Wildman–Crippen MR) is 135 cm³/mol. The minimum atomic E-state index is -4.03. The second kappa shape index (κ2) is 12.2. The second-order valence-corrected chi connectivity index (χ2v) is 10.2. The SMILES string of the molecule is CCCO[C@@H](c1ccc(C)cn1)[C@H](C)S(=O)(=O)Nc1nnc(COC)n1-c1c(OC)cccc1OC. The predicted octanol–water partition coefficient (Wildman–Crippen LogP) is 3.43. The molecule has 36 heavy (non-hydrogen) atoms. The van der Waals surface area contributed by atoms with Crippen molar-refractivity contribution in [1.29, 1.82) is 0 Å². The first kappa shape index (κ1) is 27.4. The topological polar surface area (TPSA) is 127 Å². The highest BCUT2D eigenvalue weighted by atomic mass is 32.2. The van der Waals surface area contributed by atoms with Crippen molar-refractivity contribution in [1.82, 2.24) is 19.7 Å². The van der Waals surface area contributed by atoms with Gasteiger partial charge in [0.25, 0.3) is 0 Å². The van der Waals surface area contributed by atoms with E-state index < -0.39 is 21.4 Å².